The number of allylic oxidation sites excluding steroid dienone is 1. The van der Waals surface area contributed by atoms with E-state index in [0.717, 1.165) is 25.9 Å². The highest BCUT2D eigenvalue weighted by atomic mass is 28.4. The lowest BCUT2D eigenvalue weighted by Gasteiger charge is -2.36. The van der Waals surface area contributed by atoms with Gasteiger partial charge in [-0.3, -0.25) is 4.90 Å². The zero-order valence-corrected chi connectivity index (χ0v) is 15.5. The lowest BCUT2D eigenvalue weighted by atomic mass is 10.1. The topological polar surface area (TPSA) is 38.8 Å². The Kier molecular flexibility index (Phi) is 6.47. The second-order valence-electron chi connectivity index (χ2n) is 7.16. The van der Waals surface area contributed by atoms with Gasteiger partial charge >= 0.3 is 6.09 Å². The fourth-order valence-electron chi connectivity index (χ4n) is 1.92. The van der Waals surface area contributed by atoms with E-state index in [4.69, 9.17) is 9.16 Å². The van der Waals surface area contributed by atoms with Crippen molar-refractivity contribution in [2.45, 2.75) is 65.1 Å². The van der Waals surface area contributed by atoms with Crippen molar-refractivity contribution in [3.8, 4) is 0 Å². The zero-order valence-electron chi connectivity index (χ0n) is 14.5. The van der Waals surface area contributed by atoms with Gasteiger partial charge in [0.1, 0.15) is 6.61 Å². The molecule has 1 heterocycles. The van der Waals surface area contributed by atoms with Crippen molar-refractivity contribution in [3.63, 3.8) is 0 Å². The lowest BCUT2D eigenvalue weighted by molar-refractivity contribution is 0.166. The third-order valence-electron chi connectivity index (χ3n) is 4.50. The molecular formula is C16H31NO3Si. The van der Waals surface area contributed by atoms with Gasteiger partial charge in [-0.25, -0.2) is 4.79 Å². The Bertz CT molecular complexity index is 385. The van der Waals surface area contributed by atoms with E-state index in [2.05, 4.69) is 40.8 Å². The van der Waals surface area contributed by atoms with E-state index in [0.29, 0.717) is 13.2 Å². The molecule has 1 rings (SSSR count). The van der Waals surface area contributed by atoms with Crippen LogP contribution in [0.2, 0.25) is 18.1 Å². The van der Waals surface area contributed by atoms with Crippen LogP contribution in [0.25, 0.3) is 0 Å². The second-order valence-corrected chi connectivity index (χ2v) is 12.0. The standard InChI is InChI=1S/C16H31NO3Si/c1-7-14(13-17-10-12-19-15(17)18)9-8-11-20-21(5,6)16(2,3)4/h13H,7-12H2,1-6H3/b14-13-. The summed E-state index contributed by atoms with van der Waals surface area (Å²) in [5.41, 5.74) is 1.28. The number of ether oxygens (including phenoxy) is 1. The number of hydrogen-bond acceptors (Lipinski definition) is 3. The minimum Gasteiger partial charge on any atom is -0.447 e. The Balaban J connectivity index is 2.39. The molecule has 5 heteroatoms. The smallest absolute Gasteiger partial charge is 0.413 e. The summed E-state index contributed by atoms with van der Waals surface area (Å²) in [6.45, 7) is 15.4. The fraction of sp³-hybridized carbons (Fsp3) is 0.812. The van der Waals surface area contributed by atoms with Crippen molar-refractivity contribution in [2.24, 2.45) is 0 Å². The predicted molar refractivity (Wildman–Crippen MR) is 88.8 cm³/mol. The third-order valence-corrected chi connectivity index (χ3v) is 9.03. The second kappa shape index (κ2) is 7.45. The van der Waals surface area contributed by atoms with E-state index < -0.39 is 8.32 Å². The van der Waals surface area contributed by atoms with Crippen molar-refractivity contribution in [1.82, 2.24) is 4.90 Å². The van der Waals surface area contributed by atoms with Gasteiger partial charge in [0.2, 0.25) is 0 Å². The molecule has 0 atom stereocenters. The maximum Gasteiger partial charge on any atom is 0.413 e. The number of nitrogens with zero attached hydrogens (tertiary/aromatic N) is 1. The molecule has 0 radical (unpaired) electrons. The van der Waals surface area contributed by atoms with E-state index >= 15 is 0 Å². The van der Waals surface area contributed by atoms with Gasteiger partial charge in [-0.05, 0) is 37.4 Å². The van der Waals surface area contributed by atoms with Gasteiger partial charge in [0.05, 0.1) is 6.54 Å². The molecule has 0 aromatic carbocycles. The molecule has 1 aliphatic rings. The predicted octanol–water partition coefficient (Wildman–Crippen LogP) is 4.53. The van der Waals surface area contributed by atoms with E-state index in [-0.39, 0.29) is 11.1 Å². The molecular weight excluding hydrogens is 282 g/mol. The highest BCUT2D eigenvalue weighted by molar-refractivity contribution is 6.74. The van der Waals surface area contributed by atoms with Gasteiger partial charge in [-0.1, -0.05) is 33.3 Å². The molecule has 1 aliphatic heterocycles. The summed E-state index contributed by atoms with van der Waals surface area (Å²) in [6.07, 6.45) is 4.69. The van der Waals surface area contributed by atoms with Gasteiger partial charge in [0.15, 0.2) is 8.32 Å². The molecule has 0 aliphatic carbocycles. The van der Waals surface area contributed by atoms with Gasteiger partial charge in [0, 0.05) is 12.8 Å². The number of amides is 1. The maximum atomic E-state index is 11.4. The molecule has 0 saturated carbocycles. The molecule has 1 amide bonds. The normalized spacial score (nSPS) is 17.3. The zero-order chi connectivity index (χ0) is 16.1. The summed E-state index contributed by atoms with van der Waals surface area (Å²) in [7, 11) is -1.64. The molecule has 0 aromatic rings. The van der Waals surface area contributed by atoms with Crippen molar-refractivity contribution < 1.29 is 14.0 Å². The molecule has 0 N–H and O–H groups in total. The Morgan fingerprint density at radius 3 is 2.57 bits per heavy atom. The monoisotopic (exact) mass is 313 g/mol. The summed E-state index contributed by atoms with van der Waals surface area (Å²) in [4.78, 5) is 13.1. The molecule has 1 fully saturated rings. The Labute approximate surface area is 130 Å². The van der Waals surface area contributed by atoms with Crippen LogP contribution in [0.4, 0.5) is 4.79 Å². The highest BCUT2D eigenvalue weighted by Gasteiger charge is 2.36. The van der Waals surface area contributed by atoms with Crippen LogP contribution >= 0.6 is 0 Å². The maximum absolute atomic E-state index is 11.4. The number of hydrogen-bond donors (Lipinski definition) is 0. The number of rotatable bonds is 7. The van der Waals surface area contributed by atoms with E-state index in [1.807, 2.05) is 6.20 Å². The quantitative estimate of drug-likeness (QED) is 0.512. The Morgan fingerprint density at radius 1 is 1.43 bits per heavy atom. The van der Waals surface area contributed by atoms with Crippen LogP contribution in [-0.4, -0.2) is 39.1 Å². The van der Waals surface area contributed by atoms with Crippen LogP contribution in [0.5, 0.6) is 0 Å². The summed E-state index contributed by atoms with van der Waals surface area (Å²) in [5, 5.41) is 0.260. The Morgan fingerprint density at radius 2 is 2.10 bits per heavy atom. The van der Waals surface area contributed by atoms with E-state index in [1.54, 1.807) is 4.90 Å². The summed E-state index contributed by atoms with van der Waals surface area (Å²) >= 11 is 0. The van der Waals surface area contributed by atoms with Crippen LogP contribution in [0.15, 0.2) is 11.8 Å². The molecule has 122 valence electrons. The first-order chi connectivity index (χ1) is 9.67. The van der Waals surface area contributed by atoms with Crippen LogP contribution < -0.4 is 0 Å². The first-order valence-corrected chi connectivity index (χ1v) is 10.8. The minimum absolute atomic E-state index is 0.224. The van der Waals surface area contributed by atoms with Crippen LogP contribution in [0.1, 0.15) is 47.0 Å². The number of carbonyl (C=O) groups is 1. The molecule has 0 bridgehead atoms. The van der Waals surface area contributed by atoms with Crippen molar-refractivity contribution in [1.29, 1.82) is 0 Å². The van der Waals surface area contributed by atoms with E-state index in [1.165, 1.54) is 5.57 Å². The van der Waals surface area contributed by atoms with Crippen LogP contribution in [0, 0.1) is 0 Å². The first kappa shape index (κ1) is 18.2. The van der Waals surface area contributed by atoms with Crippen molar-refractivity contribution in [3.05, 3.63) is 11.8 Å². The summed E-state index contributed by atoms with van der Waals surface area (Å²) < 4.78 is 11.1. The van der Waals surface area contributed by atoms with E-state index in [9.17, 15) is 4.79 Å². The van der Waals surface area contributed by atoms with Gasteiger partial charge in [0.25, 0.3) is 0 Å². The number of cyclic esters (lactones) is 1. The van der Waals surface area contributed by atoms with Gasteiger partial charge in [-0.2, -0.15) is 0 Å². The van der Waals surface area contributed by atoms with Gasteiger partial charge < -0.3 is 9.16 Å². The molecule has 1 saturated heterocycles. The third kappa shape index (κ3) is 5.47. The highest BCUT2D eigenvalue weighted by Crippen LogP contribution is 2.36. The van der Waals surface area contributed by atoms with Crippen LogP contribution in [-0.2, 0) is 9.16 Å². The van der Waals surface area contributed by atoms with Gasteiger partial charge in [-0.15, -0.1) is 0 Å². The van der Waals surface area contributed by atoms with Crippen molar-refractivity contribution >= 4 is 14.4 Å². The molecule has 0 spiro atoms. The minimum atomic E-state index is -1.64. The van der Waals surface area contributed by atoms with Crippen LogP contribution in [0.3, 0.4) is 0 Å². The Hall–Kier alpha value is -0.813. The largest absolute Gasteiger partial charge is 0.447 e. The summed E-state index contributed by atoms with van der Waals surface area (Å²) in [6, 6.07) is 0. The molecule has 21 heavy (non-hydrogen) atoms. The molecule has 0 unspecified atom stereocenters. The molecule has 4 nitrogen and oxygen atoms in total. The molecule has 0 aromatic heterocycles. The average Bonchev–Trinajstić information content (AvgIpc) is 2.77. The number of carbonyl (C=O) groups excluding carboxylic acids is 1. The SMILES string of the molecule is CC/C(=C/N1CCOC1=O)CCCO[Si](C)(C)C(C)(C)C. The van der Waals surface area contributed by atoms with Crippen molar-refractivity contribution in [2.75, 3.05) is 19.8 Å². The average molecular weight is 314 g/mol. The first-order valence-electron chi connectivity index (χ1n) is 7.94. The lowest BCUT2D eigenvalue weighted by Crippen LogP contribution is -2.40. The summed E-state index contributed by atoms with van der Waals surface area (Å²) in [5.74, 6) is 0. The fourth-order valence-corrected chi connectivity index (χ4v) is 3.01.